The Hall–Kier alpha value is -3.19. The molecule has 2 aromatic rings. The molecule has 1 heterocycles. The summed E-state index contributed by atoms with van der Waals surface area (Å²) in [6.07, 6.45) is 4.99. The molecule has 1 atom stereocenters. The molecule has 0 radical (unpaired) electrons. The molecule has 1 saturated heterocycles. The molecule has 0 saturated carbocycles. The number of methoxy groups -OCH3 is 1. The van der Waals surface area contributed by atoms with Crippen molar-refractivity contribution in [1.29, 1.82) is 0 Å². The van der Waals surface area contributed by atoms with E-state index in [9.17, 15) is 9.59 Å². The molecule has 2 aliphatic rings. The van der Waals surface area contributed by atoms with Crippen molar-refractivity contribution in [1.82, 2.24) is 5.01 Å². The minimum Gasteiger partial charge on any atom is -0.469 e. The van der Waals surface area contributed by atoms with Crippen LogP contribution in [0.2, 0.25) is 0 Å². The average Bonchev–Trinajstić information content (AvgIpc) is 2.83. The van der Waals surface area contributed by atoms with Gasteiger partial charge in [0.1, 0.15) is 0 Å². The highest BCUT2D eigenvalue weighted by Crippen LogP contribution is 2.30. The van der Waals surface area contributed by atoms with Crippen LogP contribution < -0.4 is 5.32 Å². The van der Waals surface area contributed by atoms with Crippen LogP contribution in [-0.4, -0.2) is 56.5 Å². The molecule has 0 bridgehead atoms. The first-order valence-corrected chi connectivity index (χ1v) is 11.1. The van der Waals surface area contributed by atoms with E-state index in [2.05, 4.69) is 16.5 Å². The number of ether oxygens (including phenoxy) is 2. The fraction of sp³-hybridized carbons (Fsp3) is 0.400. The van der Waals surface area contributed by atoms with Crippen molar-refractivity contribution in [2.45, 2.75) is 25.7 Å². The monoisotopic (exact) mass is 435 g/mol. The van der Waals surface area contributed by atoms with Gasteiger partial charge < -0.3 is 14.8 Å². The number of nitrogens with one attached hydrogen (secondary N) is 1. The fourth-order valence-electron chi connectivity index (χ4n) is 4.14. The zero-order valence-electron chi connectivity index (χ0n) is 18.4. The Kier molecular flexibility index (Phi) is 7.17. The number of esters is 1. The summed E-state index contributed by atoms with van der Waals surface area (Å²) in [6.45, 7) is 2.98. The van der Waals surface area contributed by atoms with E-state index in [1.165, 1.54) is 18.2 Å². The number of hydrogen-bond donors (Lipinski definition) is 1. The SMILES string of the molecule is COC(=O)CC1CCc2ccc(NC(=O)c3ccc(/C=N/N4CCOCC4)cc3)cc2C1. The third kappa shape index (κ3) is 5.73. The molecule has 0 spiro atoms. The fourth-order valence-corrected chi connectivity index (χ4v) is 4.14. The Bertz CT molecular complexity index is 981. The maximum Gasteiger partial charge on any atom is 0.305 e. The van der Waals surface area contributed by atoms with Gasteiger partial charge in [-0.2, -0.15) is 5.10 Å². The maximum atomic E-state index is 12.7. The van der Waals surface area contributed by atoms with Crippen LogP contribution in [0.15, 0.2) is 47.6 Å². The molecule has 4 rings (SSSR count). The second-order valence-electron chi connectivity index (χ2n) is 8.26. The molecule has 7 nitrogen and oxygen atoms in total. The predicted molar refractivity (Wildman–Crippen MR) is 123 cm³/mol. The van der Waals surface area contributed by atoms with Gasteiger partial charge in [-0.05, 0) is 66.1 Å². The van der Waals surface area contributed by atoms with Gasteiger partial charge in [0.05, 0.1) is 39.6 Å². The summed E-state index contributed by atoms with van der Waals surface area (Å²) in [5, 5.41) is 9.44. The number of rotatable bonds is 6. The largest absolute Gasteiger partial charge is 0.469 e. The number of hydrazone groups is 1. The summed E-state index contributed by atoms with van der Waals surface area (Å²) >= 11 is 0. The van der Waals surface area contributed by atoms with Gasteiger partial charge >= 0.3 is 5.97 Å². The summed E-state index contributed by atoms with van der Waals surface area (Å²) in [5.74, 6) is -0.0301. The molecule has 1 N–H and O–H groups in total. The van der Waals surface area contributed by atoms with Gasteiger partial charge in [-0.3, -0.25) is 14.6 Å². The molecule has 7 heteroatoms. The zero-order valence-corrected chi connectivity index (χ0v) is 18.4. The van der Waals surface area contributed by atoms with Crippen molar-refractivity contribution in [3.63, 3.8) is 0 Å². The number of anilines is 1. The standard InChI is InChI=1S/C25H29N3O4/c1-31-24(29)15-19-4-5-20-8-9-23(16-22(20)14-19)27-25(30)21-6-2-18(3-7-21)17-26-28-10-12-32-13-11-28/h2-3,6-9,16-17,19H,4-5,10-15H2,1H3,(H,27,30)/b26-17+. The maximum absolute atomic E-state index is 12.7. The molecular weight excluding hydrogens is 406 g/mol. The second-order valence-corrected chi connectivity index (χ2v) is 8.26. The Morgan fingerprint density at radius 1 is 1.16 bits per heavy atom. The highest BCUT2D eigenvalue weighted by Gasteiger charge is 2.22. The molecule has 1 aliphatic heterocycles. The summed E-state index contributed by atoms with van der Waals surface area (Å²) in [5.41, 5.74) is 4.78. The Morgan fingerprint density at radius 2 is 1.94 bits per heavy atom. The lowest BCUT2D eigenvalue weighted by molar-refractivity contribution is -0.141. The summed E-state index contributed by atoms with van der Waals surface area (Å²) in [4.78, 5) is 24.3. The van der Waals surface area contributed by atoms with E-state index >= 15 is 0 Å². The van der Waals surface area contributed by atoms with E-state index in [0.29, 0.717) is 25.2 Å². The first-order valence-electron chi connectivity index (χ1n) is 11.1. The molecular formula is C25H29N3O4. The number of carbonyl (C=O) groups excluding carboxylic acids is 2. The smallest absolute Gasteiger partial charge is 0.305 e. The van der Waals surface area contributed by atoms with Crippen molar-refractivity contribution in [2.24, 2.45) is 11.0 Å². The number of benzene rings is 2. The molecule has 1 fully saturated rings. The van der Waals surface area contributed by atoms with Gasteiger partial charge in [0.15, 0.2) is 0 Å². The van der Waals surface area contributed by atoms with Crippen LogP contribution in [0.5, 0.6) is 0 Å². The third-order valence-corrected chi connectivity index (χ3v) is 6.01. The van der Waals surface area contributed by atoms with Crippen LogP contribution in [0.4, 0.5) is 5.69 Å². The highest BCUT2D eigenvalue weighted by molar-refractivity contribution is 6.04. The number of morpholine rings is 1. The molecule has 0 aromatic heterocycles. The van der Waals surface area contributed by atoms with E-state index in [1.807, 2.05) is 29.3 Å². The van der Waals surface area contributed by atoms with E-state index in [0.717, 1.165) is 43.6 Å². The van der Waals surface area contributed by atoms with Crippen LogP contribution >= 0.6 is 0 Å². The van der Waals surface area contributed by atoms with Gasteiger partial charge in [0.2, 0.25) is 0 Å². The number of carbonyl (C=O) groups is 2. The van der Waals surface area contributed by atoms with Gasteiger partial charge in [0, 0.05) is 17.7 Å². The van der Waals surface area contributed by atoms with Crippen molar-refractivity contribution in [2.75, 3.05) is 38.7 Å². The molecule has 1 aliphatic carbocycles. The topological polar surface area (TPSA) is 80.2 Å². The minimum absolute atomic E-state index is 0.150. The Labute approximate surface area is 188 Å². The lowest BCUT2D eigenvalue weighted by Crippen LogP contribution is -2.32. The summed E-state index contributed by atoms with van der Waals surface area (Å²) in [6, 6.07) is 13.4. The van der Waals surface area contributed by atoms with Crippen molar-refractivity contribution >= 4 is 23.8 Å². The van der Waals surface area contributed by atoms with Gasteiger partial charge in [-0.1, -0.05) is 18.2 Å². The molecule has 2 aromatic carbocycles. The first-order chi connectivity index (χ1) is 15.6. The minimum atomic E-state index is -0.165. The summed E-state index contributed by atoms with van der Waals surface area (Å²) < 4.78 is 10.1. The molecule has 1 unspecified atom stereocenters. The van der Waals surface area contributed by atoms with Gasteiger partial charge in [-0.25, -0.2) is 0 Å². The first kappa shape index (κ1) is 22.0. The van der Waals surface area contributed by atoms with E-state index in [-0.39, 0.29) is 17.8 Å². The number of amides is 1. The van der Waals surface area contributed by atoms with E-state index in [4.69, 9.17) is 9.47 Å². The van der Waals surface area contributed by atoms with Crippen molar-refractivity contribution in [3.05, 3.63) is 64.7 Å². The number of nitrogens with zero attached hydrogens (tertiary/aromatic N) is 2. The predicted octanol–water partition coefficient (Wildman–Crippen LogP) is 3.27. The average molecular weight is 436 g/mol. The van der Waals surface area contributed by atoms with Crippen LogP contribution in [0, 0.1) is 5.92 Å². The van der Waals surface area contributed by atoms with Crippen LogP contribution in [0.25, 0.3) is 0 Å². The number of aryl methyl sites for hydroxylation is 1. The van der Waals surface area contributed by atoms with Crippen LogP contribution in [0.3, 0.4) is 0 Å². The van der Waals surface area contributed by atoms with Gasteiger partial charge in [-0.15, -0.1) is 0 Å². The quantitative estimate of drug-likeness (QED) is 0.556. The molecule has 32 heavy (non-hydrogen) atoms. The van der Waals surface area contributed by atoms with Crippen molar-refractivity contribution in [3.8, 4) is 0 Å². The Balaban J connectivity index is 1.36. The van der Waals surface area contributed by atoms with E-state index in [1.54, 1.807) is 18.3 Å². The third-order valence-electron chi connectivity index (χ3n) is 6.01. The lowest BCUT2D eigenvalue weighted by Gasteiger charge is -2.24. The van der Waals surface area contributed by atoms with Crippen LogP contribution in [-0.2, 0) is 27.1 Å². The molecule has 1 amide bonds. The summed E-state index contributed by atoms with van der Waals surface area (Å²) in [7, 11) is 1.43. The van der Waals surface area contributed by atoms with Crippen molar-refractivity contribution < 1.29 is 19.1 Å². The van der Waals surface area contributed by atoms with Crippen LogP contribution in [0.1, 0.15) is 39.9 Å². The molecule has 168 valence electrons. The zero-order chi connectivity index (χ0) is 22.3. The van der Waals surface area contributed by atoms with Gasteiger partial charge in [0.25, 0.3) is 5.91 Å². The number of hydrogen-bond acceptors (Lipinski definition) is 6. The highest BCUT2D eigenvalue weighted by atomic mass is 16.5. The normalized spacial score (nSPS) is 18.3. The lowest BCUT2D eigenvalue weighted by atomic mass is 9.82. The van der Waals surface area contributed by atoms with E-state index < -0.39 is 0 Å². The Morgan fingerprint density at radius 3 is 2.69 bits per heavy atom. The second kappa shape index (κ2) is 10.4. The number of fused-ring (bicyclic) bond motifs is 1.